The van der Waals surface area contributed by atoms with Gasteiger partial charge in [0.2, 0.25) is 0 Å². The van der Waals surface area contributed by atoms with Crippen LogP contribution in [0.1, 0.15) is 55.1 Å². The number of rotatable bonds is 6. The number of carbonyl (C=O) groups is 1. The molecule has 0 atom stereocenters. The normalized spacial score (nSPS) is 11.8. The highest BCUT2D eigenvalue weighted by molar-refractivity contribution is 6.02. The fourth-order valence-corrected chi connectivity index (χ4v) is 2.45. The first-order valence-corrected chi connectivity index (χ1v) is 8.16. The molecule has 0 unspecified atom stereocenters. The Balaban J connectivity index is 2.31. The zero-order valence-corrected chi connectivity index (χ0v) is 14.6. The molecule has 24 heavy (non-hydrogen) atoms. The van der Waals surface area contributed by atoms with E-state index in [9.17, 15) is 9.90 Å². The van der Waals surface area contributed by atoms with E-state index in [4.69, 9.17) is 0 Å². The van der Waals surface area contributed by atoms with Gasteiger partial charge in [0.15, 0.2) is 0 Å². The van der Waals surface area contributed by atoms with Gasteiger partial charge in [0.25, 0.3) is 0 Å². The van der Waals surface area contributed by atoms with Crippen molar-refractivity contribution in [2.24, 2.45) is 11.0 Å². The molecule has 2 N–H and O–H groups in total. The van der Waals surface area contributed by atoms with Crippen molar-refractivity contribution in [1.82, 2.24) is 0 Å². The first-order valence-electron chi connectivity index (χ1n) is 8.16. The SMILES string of the molecule is CC(C)C(=NNc1ccccc1C(=O)O)c1ccc(C(C)C)cc1. The maximum Gasteiger partial charge on any atom is 0.337 e. The number of hydrogen-bond acceptors (Lipinski definition) is 3. The zero-order valence-electron chi connectivity index (χ0n) is 14.6. The maximum absolute atomic E-state index is 11.3. The van der Waals surface area contributed by atoms with E-state index in [1.807, 2.05) is 0 Å². The second-order valence-electron chi connectivity index (χ2n) is 6.39. The molecule has 126 valence electrons. The number of carboxylic acids is 1. The minimum atomic E-state index is -0.972. The summed E-state index contributed by atoms with van der Waals surface area (Å²) >= 11 is 0. The van der Waals surface area contributed by atoms with Crippen LogP contribution in [0.5, 0.6) is 0 Å². The van der Waals surface area contributed by atoms with E-state index in [0.29, 0.717) is 11.6 Å². The summed E-state index contributed by atoms with van der Waals surface area (Å²) in [7, 11) is 0. The van der Waals surface area contributed by atoms with Gasteiger partial charge in [-0.2, -0.15) is 5.10 Å². The first-order chi connectivity index (χ1) is 11.4. The highest BCUT2D eigenvalue weighted by atomic mass is 16.4. The van der Waals surface area contributed by atoms with Gasteiger partial charge in [0.05, 0.1) is 17.0 Å². The predicted octanol–water partition coefficient (Wildman–Crippen LogP) is 4.98. The first kappa shape index (κ1) is 17.7. The molecule has 2 aromatic carbocycles. The second-order valence-corrected chi connectivity index (χ2v) is 6.39. The Bertz CT molecular complexity index is 732. The fraction of sp³-hybridized carbons (Fsp3) is 0.300. The van der Waals surface area contributed by atoms with Crippen LogP contribution in [0.25, 0.3) is 0 Å². The number of hydrazone groups is 1. The van der Waals surface area contributed by atoms with Crippen LogP contribution in [0.4, 0.5) is 5.69 Å². The van der Waals surface area contributed by atoms with Crippen molar-refractivity contribution in [2.75, 3.05) is 5.43 Å². The molecule has 0 spiro atoms. The summed E-state index contributed by atoms with van der Waals surface area (Å²) in [5.41, 5.74) is 6.83. The van der Waals surface area contributed by atoms with Gasteiger partial charge in [-0.15, -0.1) is 0 Å². The molecule has 4 nitrogen and oxygen atoms in total. The third-order valence-electron chi connectivity index (χ3n) is 3.87. The van der Waals surface area contributed by atoms with Gasteiger partial charge in [-0.05, 0) is 35.1 Å². The minimum absolute atomic E-state index is 0.208. The van der Waals surface area contributed by atoms with Crippen LogP contribution in [0.3, 0.4) is 0 Å². The molecule has 0 amide bonds. The van der Waals surface area contributed by atoms with Crippen molar-refractivity contribution >= 4 is 17.4 Å². The number of para-hydroxylation sites is 1. The molecule has 0 saturated carbocycles. The number of nitrogens with one attached hydrogen (secondary N) is 1. The van der Waals surface area contributed by atoms with Gasteiger partial charge >= 0.3 is 5.97 Å². The molecule has 0 saturated heterocycles. The largest absolute Gasteiger partial charge is 0.478 e. The lowest BCUT2D eigenvalue weighted by atomic mass is 9.96. The number of nitrogens with zero attached hydrogens (tertiary/aromatic N) is 1. The number of aromatic carboxylic acids is 1. The molecule has 0 heterocycles. The molecule has 0 aliphatic heterocycles. The van der Waals surface area contributed by atoms with E-state index in [1.165, 1.54) is 5.56 Å². The molecular formula is C20H24N2O2. The third kappa shape index (κ3) is 4.22. The summed E-state index contributed by atoms with van der Waals surface area (Å²) in [6.45, 7) is 8.47. The summed E-state index contributed by atoms with van der Waals surface area (Å²) < 4.78 is 0. The van der Waals surface area contributed by atoms with E-state index in [0.717, 1.165) is 11.3 Å². The summed E-state index contributed by atoms with van der Waals surface area (Å²) in [5.74, 6) is -0.279. The van der Waals surface area contributed by atoms with E-state index < -0.39 is 5.97 Å². The zero-order chi connectivity index (χ0) is 17.7. The Labute approximate surface area is 143 Å². The fourth-order valence-electron chi connectivity index (χ4n) is 2.45. The van der Waals surface area contributed by atoms with Crippen molar-refractivity contribution in [1.29, 1.82) is 0 Å². The lowest BCUT2D eigenvalue weighted by molar-refractivity contribution is 0.0698. The summed E-state index contributed by atoms with van der Waals surface area (Å²) in [6.07, 6.45) is 0. The number of benzene rings is 2. The van der Waals surface area contributed by atoms with Gasteiger partial charge < -0.3 is 5.11 Å². The molecular weight excluding hydrogens is 300 g/mol. The van der Waals surface area contributed by atoms with Crippen LogP contribution in [0.15, 0.2) is 53.6 Å². The van der Waals surface area contributed by atoms with Gasteiger partial charge in [0, 0.05) is 0 Å². The Morgan fingerprint density at radius 2 is 1.62 bits per heavy atom. The van der Waals surface area contributed by atoms with Crippen LogP contribution >= 0.6 is 0 Å². The quantitative estimate of drug-likeness (QED) is 0.582. The van der Waals surface area contributed by atoms with E-state index >= 15 is 0 Å². The average Bonchev–Trinajstić information content (AvgIpc) is 2.55. The van der Waals surface area contributed by atoms with Gasteiger partial charge in [-0.3, -0.25) is 5.43 Å². The Hall–Kier alpha value is -2.62. The van der Waals surface area contributed by atoms with E-state index in [1.54, 1.807) is 24.3 Å². The van der Waals surface area contributed by atoms with Crippen LogP contribution in [0, 0.1) is 5.92 Å². The van der Waals surface area contributed by atoms with Crippen LogP contribution in [0.2, 0.25) is 0 Å². The van der Waals surface area contributed by atoms with Crippen molar-refractivity contribution in [3.63, 3.8) is 0 Å². The number of carboxylic acid groups (broad SMARTS) is 1. The third-order valence-corrected chi connectivity index (χ3v) is 3.87. The highest BCUT2D eigenvalue weighted by Gasteiger charge is 2.12. The Morgan fingerprint density at radius 1 is 1.00 bits per heavy atom. The molecule has 0 fully saturated rings. The monoisotopic (exact) mass is 324 g/mol. The standard InChI is InChI=1S/C20H24N2O2/c1-13(2)15-9-11-16(12-10-15)19(14(3)4)22-21-18-8-6-5-7-17(18)20(23)24/h5-14,21H,1-4H3,(H,23,24). The van der Waals surface area contributed by atoms with Gasteiger partial charge in [0.1, 0.15) is 0 Å². The number of anilines is 1. The van der Waals surface area contributed by atoms with Gasteiger partial charge in [-0.25, -0.2) is 4.79 Å². The van der Waals surface area contributed by atoms with Crippen molar-refractivity contribution < 1.29 is 9.90 Å². The Kier molecular flexibility index (Phi) is 5.74. The van der Waals surface area contributed by atoms with E-state index in [-0.39, 0.29) is 11.5 Å². The number of hydrogen-bond donors (Lipinski definition) is 2. The molecule has 2 rings (SSSR count). The molecule has 0 bridgehead atoms. The molecule has 0 aliphatic rings. The Morgan fingerprint density at radius 3 is 2.17 bits per heavy atom. The highest BCUT2D eigenvalue weighted by Crippen LogP contribution is 2.19. The smallest absolute Gasteiger partial charge is 0.337 e. The molecule has 2 aromatic rings. The summed E-state index contributed by atoms with van der Waals surface area (Å²) in [6, 6.07) is 15.1. The molecule has 0 aromatic heterocycles. The lowest BCUT2D eigenvalue weighted by Gasteiger charge is -2.13. The van der Waals surface area contributed by atoms with Crippen molar-refractivity contribution in [2.45, 2.75) is 33.6 Å². The predicted molar refractivity (Wildman–Crippen MR) is 98.9 cm³/mol. The summed E-state index contributed by atoms with van der Waals surface area (Å²) in [4.78, 5) is 11.3. The summed E-state index contributed by atoms with van der Waals surface area (Å²) in [5, 5.41) is 13.7. The van der Waals surface area contributed by atoms with Crippen LogP contribution in [-0.4, -0.2) is 16.8 Å². The van der Waals surface area contributed by atoms with E-state index in [2.05, 4.69) is 62.5 Å². The van der Waals surface area contributed by atoms with Crippen molar-refractivity contribution in [3.8, 4) is 0 Å². The van der Waals surface area contributed by atoms with Crippen molar-refractivity contribution in [3.05, 3.63) is 65.2 Å². The minimum Gasteiger partial charge on any atom is -0.478 e. The van der Waals surface area contributed by atoms with Crippen LogP contribution < -0.4 is 5.43 Å². The molecule has 4 heteroatoms. The second kappa shape index (κ2) is 7.77. The van der Waals surface area contributed by atoms with Crippen LogP contribution in [-0.2, 0) is 0 Å². The lowest BCUT2D eigenvalue weighted by Crippen LogP contribution is -2.13. The maximum atomic E-state index is 11.3. The molecule has 0 radical (unpaired) electrons. The van der Waals surface area contributed by atoms with Gasteiger partial charge in [-0.1, -0.05) is 64.1 Å². The molecule has 0 aliphatic carbocycles. The topological polar surface area (TPSA) is 61.7 Å². The average molecular weight is 324 g/mol.